The molecular formula is C19H21Cl2N3O3. The number of rotatable bonds is 7. The molecule has 0 saturated heterocycles. The zero-order valence-corrected chi connectivity index (χ0v) is 16.8. The van der Waals surface area contributed by atoms with Crippen LogP contribution in [0.15, 0.2) is 42.5 Å². The van der Waals surface area contributed by atoms with E-state index in [1.165, 1.54) is 7.11 Å². The van der Waals surface area contributed by atoms with Gasteiger partial charge in [0, 0.05) is 5.02 Å². The minimum Gasteiger partial charge on any atom is -0.495 e. The summed E-state index contributed by atoms with van der Waals surface area (Å²) >= 11 is 12.0. The Labute approximate surface area is 168 Å². The van der Waals surface area contributed by atoms with Crippen LogP contribution in [0.3, 0.4) is 0 Å². The third-order valence-electron chi connectivity index (χ3n) is 4.00. The van der Waals surface area contributed by atoms with Crippen molar-refractivity contribution < 1.29 is 14.3 Å². The maximum atomic E-state index is 12.5. The highest BCUT2D eigenvalue weighted by molar-refractivity contribution is 6.33. The van der Waals surface area contributed by atoms with E-state index in [1.54, 1.807) is 61.3 Å². The van der Waals surface area contributed by atoms with Crippen molar-refractivity contribution >= 4 is 46.4 Å². The molecule has 0 spiro atoms. The lowest BCUT2D eigenvalue weighted by atomic mass is 10.2. The molecule has 2 N–H and O–H groups in total. The fraction of sp³-hybridized carbons (Fsp3) is 0.263. The third-order valence-corrected chi connectivity index (χ3v) is 4.57. The van der Waals surface area contributed by atoms with E-state index in [4.69, 9.17) is 27.9 Å². The molecule has 0 saturated carbocycles. The number of hydrogen-bond donors (Lipinski definition) is 2. The average molecular weight is 410 g/mol. The number of halogens is 2. The summed E-state index contributed by atoms with van der Waals surface area (Å²) in [5, 5.41) is 6.43. The molecule has 0 unspecified atom stereocenters. The van der Waals surface area contributed by atoms with Crippen molar-refractivity contribution in [1.82, 2.24) is 4.90 Å². The van der Waals surface area contributed by atoms with E-state index in [0.29, 0.717) is 27.2 Å². The summed E-state index contributed by atoms with van der Waals surface area (Å²) in [5.41, 5.74) is 0.995. The number of carbonyl (C=O) groups is 2. The van der Waals surface area contributed by atoms with Crippen LogP contribution in [-0.2, 0) is 9.59 Å². The average Bonchev–Trinajstić information content (AvgIpc) is 2.63. The van der Waals surface area contributed by atoms with Crippen LogP contribution in [0.1, 0.15) is 6.92 Å². The molecule has 0 aliphatic heterocycles. The van der Waals surface area contributed by atoms with Crippen LogP contribution in [0.2, 0.25) is 10.0 Å². The van der Waals surface area contributed by atoms with Gasteiger partial charge in [-0.2, -0.15) is 0 Å². The van der Waals surface area contributed by atoms with Crippen LogP contribution < -0.4 is 15.4 Å². The predicted octanol–water partition coefficient (Wildman–Crippen LogP) is 3.90. The van der Waals surface area contributed by atoms with Crippen molar-refractivity contribution in [3.8, 4) is 5.75 Å². The Morgan fingerprint density at radius 1 is 1.11 bits per heavy atom. The number of para-hydroxylation sites is 1. The Morgan fingerprint density at radius 3 is 2.48 bits per heavy atom. The number of nitrogens with one attached hydrogen (secondary N) is 2. The number of carbonyl (C=O) groups excluding carboxylic acids is 2. The van der Waals surface area contributed by atoms with Crippen molar-refractivity contribution in [2.24, 2.45) is 0 Å². The molecule has 0 radical (unpaired) electrons. The third kappa shape index (κ3) is 5.85. The van der Waals surface area contributed by atoms with Gasteiger partial charge in [-0.1, -0.05) is 35.3 Å². The van der Waals surface area contributed by atoms with Gasteiger partial charge in [0.05, 0.1) is 36.1 Å². The van der Waals surface area contributed by atoms with Gasteiger partial charge in [0.1, 0.15) is 5.75 Å². The lowest BCUT2D eigenvalue weighted by Crippen LogP contribution is -2.43. The van der Waals surface area contributed by atoms with Gasteiger partial charge in [-0.15, -0.1) is 0 Å². The Hall–Kier alpha value is -2.28. The molecule has 0 aliphatic carbocycles. The molecule has 2 rings (SSSR count). The number of anilines is 2. The van der Waals surface area contributed by atoms with Gasteiger partial charge >= 0.3 is 0 Å². The molecule has 2 aromatic carbocycles. The summed E-state index contributed by atoms with van der Waals surface area (Å²) in [5.74, 6) is -0.0618. The minimum atomic E-state index is -0.564. The first kappa shape index (κ1) is 21.0. The second-order valence-electron chi connectivity index (χ2n) is 5.95. The Balaban J connectivity index is 1.97. The largest absolute Gasteiger partial charge is 0.495 e. The number of amides is 2. The van der Waals surface area contributed by atoms with Gasteiger partial charge in [-0.25, -0.2) is 0 Å². The van der Waals surface area contributed by atoms with Gasteiger partial charge in [0.25, 0.3) is 0 Å². The standard InChI is InChI=1S/C19H21Cl2N3O3/c1-12(19(26)23-16-10-13(20)8-9-17(16)27-3)24(2)11-18(25)22-15-7-5-4-6-14(15)21/h4-10,12H,11H2,1-3H3,(H,22,25)(H,23,26)/t12-/m1/s1. The topological polar surface area (TPSA) is 70.7 Å². The zero-order valence-electron chi connectivity index (χ0n) is 15.3. The van der Waals surface area contributed by atoms with E-state index in [2.05, 4.69) is 10.6 Å². The molecular weight excluding hydrogens is 389 g/mol. The van der Waals surface area contributed by atoms with Gasteiger partial charge in [0.15, 0.2) is 0 Å². The van der Waals surface area contributed by atoms with E-state index in [-0.39, 0.29) is 18.4 Å². The molecule has 0 aromatic heterocycles. The molecule has 27 heavy (non-hydrogen) atoms. The van der Waals surface area contributed by atoms with Gasteiger partial charge in [-0.3, -0.25) is 14.5 Å². The number of nitrogens with zero attached hydrogens (tertiary/aromatic N) is 1. The molecule has 2 aromatic rings. The fourth-order valence-corrected chi connectivity index (χ4v) is 2.69. The Morgan fingerprint density at radius 2 is 1.81 bits per heavy atom. The molecule has 0 bridgehead atoms. The fourth-order valence-electron chi connectivity index (χ4n) is 2.33. The van der Waals surface area contributed by atoms with Crippen molar-refractivity contribution in [3.05, 3.63) is 52.5 Å². The first-order valence-corrected chi connectivity index (χ1v) is 8.96. The zero-order chi connectivity index (χ0) is 20.0. The molecule has 6 nitrogen and oxygen atoms in total. The molecule has 2 amide bonds. The lowest BCUT2D eigenvalue weighted by Gasteiger charge is -2.23. The van der Waals surface area contributed by atoms with E-state index in [0.717, 1.165) is 0 Å². The predicted molar refractivity (Wildman–Crippen MR) is 109 cm³/mol. The lowest BCUT2D eigenvalue weighted by molar-refractivity contribution is -0.122. The summed E-state index contributed by atoms with van der Waals surface area (Å²) in [4.78, 5) is 26.4. The first-order valence-electron chi connectivity index (χ1n) is 8.21. The molecule has 144 valence electrons. The molecule has 1 atom stereocenters. The van der Waals surface area contributed by atoms with Crippen molar-refractivity contribution in [2.75, 3.05) is 31.3 Å². The maximum absolute atomic E-state index is 12.5. The number of ether oxygens (including phenoxy) is 1. The van der Waals surface area contributed by atoms with Crippen LogP contribution in [0, 0.1) is 0 Å². The van der Waals surface area contributed by atoms with Crippen molar-refractivity contribution in [3.63, 3.8) is 0 Å². The van der Waals surface area contributed by atoms with Crippen LogP contribution in [0.25, 0.3) is 0 Å². The van der Waals surface area contributed by atoms with Crippen molar-refractivity contribution in [2.45, 2.75) is 13.0 Å². The number of methoxy groups -OCH3 is 1. The molecule has 0 aliphatic rings. The van der Waals surface area contributed by atoms with Crippen LogP contribution in [0.5, 0.6) is 5.75 Å². The van der Waals surface area contributed by atoms with E-state index in [9.17, 15) is 9.59 Å². The van der Waals surface area contributed by atoms with Crippen LogP contribution in [0.4, 0.5) is 11.4 Å². The summed E-state index contributed by atoms with van der Waals surface area (Å²) in [6.07, 6.45) is 0. The highest BCUT2D eigenvalue weighted by atomic mass is 35.5. The number of hydrogen-bond acceptors (Lipinski definition) is 4. The SMILES string of the molecule is COc1ccc(Cl)cc1NC(=O)[C@@H](C)N(C)CC(=O)Nc1ccccc1Cl. The van der Waals surface area contributed by atoms with E-state index < -0.39 is 6.04 Å². The smallest absolute Gasteiger partial charge is 0.241 e. The molecule has 8 heteroatoms. The number of benzene rings is 2. The Bertz CT molecular complexity index is 830. The quantitative estimate of drug-likeness (QED) is 0.727. The Kier molecular flexibility index (Phi) is 7.47. The van der Waals surface area contributed by atoms with Gasteiger partial charge < -0.3 is 15.4 Å². The molecule has 0 heterocycles. The summed E-state index contributed by atoms with van der Waals surface area (Å²) < 4.78 is 5.22. The summed E-state index contributed by atoms with van der Waals surface area (Å²) in [7, 11) is 3.19. The minimum absolute atomic E-state index is 0.0203. The highest BCUT2D eigenvalue weighted by Crippen LogP contribution is 2.28. The highest BCUT2D eigenvalue weighted by Gasteiger charge is 2.21. The molecule has 0 fully saturated rings. The second kappa shape index (κ2) is 9.60. The van der Waals surface area contributed by atoms with Gasteiger partial charge in [-0.05, 0) is 44.3 Å². The summed E-state index contributed by atoms with van der Waals surface area (Å²) in [6, 6.07) is 11.3. The monoisotopic (exact) mass is 409 g/mol. The van der Waals surface area contributed by atoms with Crippen molar-refractivity contribution in [1.29, 1.82) is 0 Å². The van der Waals surface area contributed by atoms with E-state index >= 15 is 0 Å². The summed E-state index contributed by atoms with van der Waals surface area (Å²) in [6.45, 7) is 1.72. The second-order valence-corrected chi connectivity index (χ2v) is 6.80. The first-order chi connectivity index (χ1) is 12.8. The number of likely N-dealkylation sites (N-methyl/N-ethyl adjacent to an activating group) is 1. The van der Waals surface area contributed by atoms with E-state index in [1.807, 2.05) is 0 Å². The normalized spacial score (nSPS) is 11.8. The van der Waals surface area contributed by atoms with Crippen LogP contribution >= 0.6 is 23.2 Å². The van der Waals surface area contributed by atoms with Crippen LogP contribution in [-0.4, -0.2) is 43.5 Å². The maximum Gasteiger partial charge on any atom is 0.241 e. The van der Waals surface area contributed by atoms with Gasteiger partial charge in [0.2, 0.25) is 11.8 Å².